The number of aryl methyl sites for hydroxylation is 1. The van der Waals surface area contributed by atoms with Crippen LogP contribution in [-0.2, 0) is 12.3 Å². The minimum atomic E-state index is -0.254. The third-order valence-electron chi connectivity index (χ3n) is 4.04. The Kier molecular flexibility index (Phi) is 5.36. The summed E-state index contributed by atoms with van der Waals surface area (Å²) in [5, 5.41) is 12.1. The molecule has 0 aliphatic heterocycles. The first-order valence-electron chi connectivity index (χ1n) is 8.51. The Bertz CT molecular complexity index is 1170. The Balaban J connectivity index is 1.40. The lowest BCUT2D eigenvalue weighted by Crippen LogP contribution is -2.17. The monoisotopic (exact) mass is 413 g/mol. The molecule has 28 heavy (non-hydrogen) atoms. The highest BCUT2D eigenvalue weighted by Crippen LogP contribution is 2.28. The van der Waals surface area contributed by atoms with Crippen molar-refractivity contribution in [1.29, 1.82) is 0 Å². The summed E-state index contributed by atoms with van der Waals surface area (Å²) in [6.07, 6.45) is 0. The molecule has 1 N–H and O–H groups in total. The molecule has 4 rings (SSSR count). The van der Waals surface area contributed by atoms with Crippen LogP contribution in [0, 0.1) is 12.7 Å². The van der Waals surface area contributed by atoms with Gasteiger partial charge in [-0.15, -0.1) is 10.2 Å². The van der Waals surface area contributed by atoms with Crippen LogP contribution in [0.3, 0.4) is 0 Å². The normalized spacial score (nSPS) is 11.1. The second-order valence-corrected chi connectivity index (χ2v) is 8.29. The molecule has 0 aliphatic carbocycles. The lowest BCUT2D eigenvalue weighted by atomic mass is 10.2. The SMILES string of the molecule is Cc1cccc2nc(CSc3nnc(NCc4ccc(F)cc4)s3)cc(=O)n12. The number of hydrogen-bond acceptors (Lipinski definition) is 7. The molecule has 0 bridgehead atoms. The molecular weight excluding hydrogens is 397 g/mol. The smallest absolute Gasteiger partial charge is 0.258 e. The lowest BCUT2D eigenvalue weighted by Gasteiger charge is -2.05. The topological polar surface area (TPSA) is 72.2 Å². The van der Waals surface area contributed by atoms with Gasteiger partial charge in [-0.1, -0.05) is 41.3 Å². The number of benzene rings is 1. The van der Waals surface area contributed by atoms with E-state index >= 15 is 0 Å². The summed E-state index contributed by atoms with van der Waals surface area (Å²) < 4.78 is 15.3. The van der Waals surface area contributed by atoms with Gasteiger partial charge >= 0.3 is 0 Å². The maximum atomic E-state index is 12.9. The third-order valence-corrected chi connectivity index (χ3v) is 6.09. The van der Waals surface area contributed by atoms with Crippen LogP contribution in [0.15, 0.2) is 57.7 Å². The number of pyridine rings is 1. The molecule has 0 spiro atoms. The van der Waals surface area contributed by atoms with Crippen molar-refractivity contribution in [3.63, 3.8) is 0 Å². The molecule has 142 valence electrons. The molecule has 0 radical (unpaired) electrons. The fraction of sp³-hybridized carbons (Fsp3) is 0.158. The molecule has 0 saturated heterocycles. The molecular formula is C19H16FN5OS2. The summed E-state index contributed by atoms with van der Waals surface area (Å²) >= 11 is 2.91. The van der Waals surface area contributed by atoms with Crippen molar-refractivity contribution < 1.29 is 4.39 Å². The van der Waals surface area contributed by atoms with Gasteiger partial charge in [0.25, 0.3) is 5.56 Å². The van der Waals surface area contributed by atoms with Crippen molar-refractivity contribution in [2.24, 2.45) is 0 Å². The van der Waals surface area contributed by atoms with Crippen LogP contribution in [-0.4, -0.2) is 19.6 Å². The first-order valence-corrected chi connectivity index (χ1v) is 10.3. The van der Waals surface area contributed by atoms with Crippen LogP contribution in [0.4, 0.5) is 9.52 Å². The standard InChI is InChI=1S/C19H16FN5OS2/c1-12-3-2-4-16-22-15(9-17(26)25(12)16)11-27-19-24-23-18(28-19)21-10-13-5-7-14(20)8-6-13/h2-9H,10-11H2,1H3,(H,21,23). The van der Waals surface area contributed by atoms with E-state index in [-0.39, 0.29) is 11.4 Å². The van der Waals surface area contributed by atoms with Crippen molar-refractivity contribution in [1.82, 2.24) is 19.6 Å². The van der Waals surface area contributed by atoms with E-state index in [1.807, 2.05) is 25.1 Å². The van der Waals surface area contributed by atoms with Gasteiger partial charge < -0.3 is 5.32 Å². The lowest BCUT2D eigenvalue weighted by molar-refractivity contribution is 0.627. The zero-order valence-electron chi connectivity index (χ0n) is 14.9. The van der Waals surface area contributed by atoms with Crippen LogP contribution in [0.1, 0.15) is 17.0 Å². The minimum absolute atomic E-state index is 0.0855. The Hall–Kier alpha value is -2.78. The van der Waals surface area contributed by atoms with Gasteiger partial charge in [0.15, 0.2) is 4.34 Å². The van der Waals surface area contributed by atoms with Crippen LogP contribution in [0.5, 0.6) is 0 Å². The number of thioether (sulfide) groups is 1. The highest BCUT2D eigenvalue weighted by molar-refractivity contribution is 8.00. The zero-order valence-corrected chi connectivity index (χ0v) is 16.6. The van der Waals surface area contributed by atoms with Crippen molar-refractivity contribution in [3.05, 3.63) is 81.7 Å². The van der Waals surface area contributed by atoms with Gasteiger partial charge in [0.1, 0.15) is 11.5 Å². The molecule has 0 amide bonds. The summed E-state index contributed by atoms with van der Waals surface area (Å²) in [6.45, 7) is 2.42. The molecule has 0 fully saturated rings. The van der Waals surface area contributed by atoms with Crippen LogP contribution in [0.25, 0.3) is 5.65 Å². The third kappa shape index (κ3) is 4.20. The van der Waals surface area contributed by atoms with Gasteiger partial charge in [0.05, 0.1) is 5.69 Å². The van der Waals surface area contributed by atoms with E-state index in [4.69, 9.17) is 0 Å². The molecule has 3 aromatic heterocycles. The number of aromatic nitrogens is 4. The van der Waals surface area contributed by atoms with E-state index < -0.39 is 0 Å². The summed E-state index contributed by atoms with van der Waals surface area (Å²) in [7, 11) is 0. The number of halogens is 1. The largest absolute Gasteiger partial charge is 0.356 e. The molecule has 9 heteroatoms. The van der Waals surface area contributed by atoms with Crippen LogP contribution in [0.2, 0.25) is 0 Å². The molecule has 3 heterocycles. The fourth-order valence-corrected chi connectivity index (χ4v) is 4.33. The molecule has 0 aliphatic rings. The first-order chi connectivity index (χ1) is 13.6. The Morgan fingerprint density at radius 1 is 1.18 bits per heavy atom. The molecule has 1 aromatic carbocycles. The molecule has 4 aromatic rings. The number of hydrogen-bond donors (Lipinski definition) is 1. The van der Waals surface area contributed by atoms with Crippen molar-refractivity contribution in [2.75, 3.05) is 5.32 Å². The molecule has 6 nitrogen and oxygen atoms in total. The van der Waals surface area contributed by atoms with Gasteiger partial charge in [-0.3, -0.25) is 9.20 Å². The van der Waals surface area contributed by atoms with E-state index in [1.54, 1.807) is 22.6 Å². The second kappa shape index (κ2) is 8.07. The Morgan fingerprint density at radius 3 is 2.82 bits per heavy atom. The average molecular weight is 414 g/mol. The van der Waals surface area contributed by atoms with E-state index in [2.05, 4.69) is 20.5 Å². The van der Waals surface area contributed by atoms with E-state index in [1.165, 1.54) is 35.2 Å². The molecule has 0 atom stereocenters. The highest BCUT2D eigenvalue weighted by atomic mass is 32.2. The number of nitrogens with zero attached hydrogens (tertiary/aromatic N) is 4. The summed E-state index contributed by atoms with van der Waals surface area (Å²) in [5.74, 6) is 0.280. The van der Waals surface area contributed by atoms with Gasteiger partial charge in [-0.2, -0.15) is 0 Å². The second-order valence-electron chi connectivity index (χ2n) is 6.09. The van der Waals surface area contributed by atoms with Gasteiger partial charge in [-0.25, -0.2) is 9.37 Å². The Labute approximate surface area is 168 Å². The summed E-state index contributed by atoms with van der Waals surface area (Å²) in [4.78, 5) is 16.9. The molecule has 0 unspecified atom stereocenters. The number of nitrogens with one attached hydrogen (secondary N) is 1. The maximum Gasteiger partial charge on any atom is 0.258 e. The van der Waals surface area contributed by atoms with Crippen molar-refractivity contribution >= 4 is 33.9 Å². The van der Waals surface area contributed by atoms with Crippen LogP contribution < -0.4 is 10.9 Å². The van der Waals surface area contributed by atoms with Crippen molar-refractivity contribution in [2.45, 2.75) is 23.6 Å². The van der Waals surface area contributed by atoms with E-state index in [9.17, 15) is 9.18 Å². The van der Waals surface area contributed by atoms with Crippen LogP contribution >= 0.6 is 23.1 Å². The number of anilines is 1. The highest BCUT2D eigenvalue weighted by Gasteiger charge is 2.08. The Morgan fingerprint density at radius 2 is 2.00 bits per heavy atom. The van der Waals surface area contributed by atoms with Gasteiger partial charge in [-0.05, 0) is 36.8 Å². The number of fused-ring (bicyclic) bond motifs is 1. The molecule has 0 saturated carbocycles. The van der Waals surface area contributed by atoms with E-state index in [0.717, 1.165) is 15.6 Å². The predicted molar refractivity (Wildman–Crippen MR) is 109 cm³/mol. The van der Waals surface area contributed by atoms with E-state index in [0.29, 0.717) is 28.8 Å². The van der Waals surface area contributed by atoms with Gasteiger partial charge in [0, 0.05) is 24.1 Å². The average Bonchev–Trinajstić information content (AvgIpc) is 3.14. The quantitative estimate of drug-likeness (QED) is 0.484. The fourth-order valence-electron chi connectivity index (χ4n) is 2.69. The zero-order chi connectivity index (χ0) is 19.5. The van der Waals surface area contributed by atoms with Gasteiger partial charge in [0.2, 0.25) is 5.13 Å². The summed E-state index contributed by atoms with van der Waals surface area (Å²) in [6, 6.07) is 13.5. The van der Waals surface area contributed by atoms with Crippen molar-refractivity contribution in [3.8, 4) is 0 Å². The number of rotatable bonds is 6. The first kappa shape index (κ1) is 18.6. The predicted octanol–water partition coefficient (Wildman–Crippen LogP) is 3.90. The summed E-state index contributed by atoms with van der Waals surface area (Å²) in [5.41, 5.74) is 3.08. The minimum Gasteiger partial charge on any atom is -0.356 e. The maximum absolute atomic E-state index is 12.9.